The minimum atomic E-state index is -0.595. The standard InChI is InChI=1S/C22H26N2O4/c1-3-27-18(25)15-24-20(16-11-7-5-8-12-16)19(22(26)28-4-2)23-21(24)17-13-9-6-10-14-17/h5-14,19-21,23H,3-4,15H2,1-2H3/t19-,20-,21+/m0/s1. The van der Waals surface area contributed by atoms with Gasteiger partial charge in [0.15, 0.2) is 0 Å². The van der Waals surface area contributed by atoms with Gasteiger partial charge in [0, 0.05) is 0 Å². The van der Waals surface area contributed by atoms with Crippen molar-refractivity contribution in [1.82, 2.24) is 10.2 Å². The number of hydrogen-bond donors (Lipinski definition) is 1. The van der Waals surface area contributed by atoms with Gasteiger partial charge in [-0.2, -0.15) is 0 Å². The number of benzene rings is 2. The third kappa shape index (κ3) is 4.40. The summed E-state index contributed by atoms with van der Waals surface area (Å²) in [5.74, 6) is -0.653. The first-order valence-electron chi connectivity index (χ1n) is 9.59. The molecule has 1 heterocycles. The van der Waals surface area contributed by atoms with Crippen molar-refractivity contribution in [2.75, 3.05) is 19.8 Å². The summed E-state index contributed by atoms with van der Waals surface area (Å²) >= 11 is 0. The van der Waals surface area contributed by atoms with Crippen molar-refractivity contribution in [1.29, 1.82) is 0 Å². The van der Waals surface area contributed by atoms with Gasteiger partial charge in [0.05, 0.1) is 32.0 Å². The van der Waals surface area contributed by atoms with E-state index in [1.807, 2.05) is 65.6 Å². The van der Waals surface area contributed by atoms with E-state index >= 15 is 0 Å². The molecule has 0 radical (unpaired) electrons. The quantitative estimate of drug-likeness (QED) is 0.743. The third-order valence-corrected chi connectivity index (χ3v) is 4.76. The number of nitrogens with one attached hydrogen (secondary N) is 1. The summed E-state index contributed by atoms with van der Waals surface area (Å²) in [6.45, 7) is 4.25. The van der Waals surface area contributed by atoms with Gasteiger partial charge in [-0.3, -0.25) is 19.8 Å². The zero-order valence-corrected chi connectivity index (χ0v) is 16.2. The van der Waals surface area contributed by atoms with Crippen molar-refractivity contribution >= 4 is 11.9 Å². The smallest absolute Gasteiger partial charge is 0.325 e. The van der Waals surface area contributed by atoms with Gasteiger partial charge in [0.2, 0.25) is 0 Å². The van der Waals surface area contributed by atoms with Gasteiger partial charge < -0.3 is 9.47 Å². The maximum Gasteiger partial charge on any atom is 0.325 e. The van der Waals surface area contributed by atoms with E-state index < -0.39 is 6.04 Å². The molecule has 0 bridgehead atoms. The highest BCUT2D eigenvalue weighted by Gasteiger charge is 2.47. The zero-order chi connectivity index (χ0) is 19.9. The number of carbonyl (C=O) groups excluding carboxylic acids is 2. The molecular formula is C22H26N2O4. The molecule has 1 fully saturated rings. The first kappa shape index (κ1) is 20.0. The Morgan fingerprint density at radius 2 is 1.46 bits per heavy atom. The van der Waals surface area contributed by atoms with Crippen molar-refractivity contribution in [3.63, 3.8) is 0 Å². The molecule has 0 aromatic heterocycles. The lowest BCUT2D eigenvalue weighted by Crippen LogP contribution is -2.38. The molecule has 3 atom stereocenters. The first-order chi connectivity index (χ1) is 13.7. The molecule has 0 spiro atoms. The van der Waals surface area contributed by atoms with Crippen LogP contribution in [0.3, 0.4) is 0 Å². The van der Waals surface area contributed by atoms with Crippen LogP contribution in [-0.2, 0) is 19.1 Å². The normalized spacial score (nSPS) is 22.0. The lowest BCUT2D eigenvalue weighted by Gasteiger charge is -2.29. The molecule has 1 N–H and O–H groups in total. The fraction of sp³-hybridized carbons (Fsp3) is 0.364. The summed E-state index contributed by atoms with van der Waals surface area (Å²) in [5.41, 5.74) is 1.91. The second kappa shape index (κ2) is 9.48. The average molecular weight is 382 g/mol. The molecular weight excluding hydrogens is 356 g/mol. The maximum absolute atomic E-state index is 12.7. The van der Waals surface area contributed by atoms with E-state index in [4.69, 9.17) is 9.47 Å². The SMILES string of the molecule is CCOC(=O)CN1[C@H](c2ccccc2)N[C@H](C(=O)OCC)[C@@H]1c1ccccc1. The summed E-state index contributed by atoms with van der Waals surface area (Å²) in [6, 6.07) is 18.5. The Bertz CT molecular complexity index is 782. The lowest BCUT2D eigenvalue weighted by molar-refractivity contribution is -0.148. The molecule has 2 aromatic rings. The van der Waals surface area contributed by atoms with Gasteiger partial charge >= 0.3 is 11.9 Å². The van der Waals surface area contributed by atoms with Crippen molar-refractivity contribution in [3.05, 3.63) is 71.8 Å². The van der Waals surface area contributed by atoms with Crippen molar-refractivity contribution in [3.8, 4) is 0 Å². The van der Waals surface area contributed by atoms with Gasteiger partial charge in [-0.05, 0) is 25.0 Å². The number of carbonyl (C=O) groups is 2. The number of hydrogen-bond acceptors (Lipinski definition) is 6. The minimum absolute atomic E-state index is 0.0653. The highest BCUT2D eigenvalue weighted by Crippen LogP contribution is 2.38. The van der Waals surface area contributed by atoms with Gasteiger partial charge in [-0.25, -0.2) is 0 Å². The number of ether oxygens (including phenoxy) is 2. The fourth-order valence-corrected chi connectivity index (χ4v) is 3.64. The van der Waals surface area contributed by atoms with Crippen LogP contribution >= 0.6 is 0 Å². The Morgan fingerprint density at radius 1 is 0.893 bits per heavy atom. The highest BCUT2D eigenvalue weighted by molar-refractivity contribution is 5.78. The largest absolute Gasteiger partial charge is 0.465 e. The van der Waals surface area contributed by atoms with Crippen LogP contribution in [0.4, 0.5) is 0 Å². The summed E-state index contributed by atoms with van der Waals surface area (Å²) in [6.07, 6.45) is -0.315. The molecule has 3 rings (SSSR count). The Balaban J connectivity index is 2.02. The number of esters is 2. The molecule has 148 valence electrons. The predicted octanol–water partition coefficient (Wildman–Crippen LogP) is 2.83. The second-order valence-corrected chi connectivity index (χ2v) is 6.54. The van der Waals surface area contributed by atoms with Gasteiger partial charge in [0.1, 0.15) is 6.04 Å². The summed E-state index contributed by atoms with van der Waals surface area (Å²) in [5, 5.41) is 3.38. The first-order valence-corrected chi connectivity index (χ1v) is 9.59. The van der Waals surface area contributed by atoms with E-state index in [-0.39, 0.29) is 30.7 Å². The van der Waals surface area contributed by atoms with Crippen LogP contribution in [0.15, 0.2) is 60.7 Å². The highest BCUT2D eigenvalue weighted by atomic mass is 16.5. The van der Waals surface area contributed by atoms with E-state index in [1.54, 1.807) is 13.8 Å². The maximum atomic E-state index is 12.7. The lowest BCUT2D eigenvalue weighted by atomic mass is 9.99. The number of nitrogens with zero attached hydrogens (tertiary/aromatic N) is 1. The number of rotatable bonds is 7. The Labute approximate surface area is 165 Å². The van der Waals surface area contributed by atoms with Crippen LogP contribution in [0, 0.1) is 0 Å². The zero-order valence-electron chi connectivity index (χ0n) is 16.2. The van der Waals surface area contributed by atoms with Gasteiger partial charge in [0.25, 0.3) is 0 Å². The van der Waals surface area contributed by atoms with E-state index in [2.05, 4.69) is 5.32 Å². The van der Waals surface area contributed by atoms with Gasteiger partial charge in [-0.15, -0.1) is 0 Å². The summed E-state index contributed by atoms with van der Waals surface area (Å²) in [7, 11) is 0. The van der Waals surface area contributed by atoms with E-state index in [1.165, 1.54) is 0 Å². The minimum Gasteiger partial charge on any atom is -0.465 e. The Hall–Kier alpha value is -2.70. The van der Waals surface area contributed by atoms with Crippen LogP contribution in [0.25, 0.3) is 0 Å². The molecule has 1 saturated heterocycles. The fourth-order valence-electron chi connectivity index (χ4n) is 3.64. The van der Waals surface area contributed by atoms with Crippen molar-refractivity contribution in [2.24, 2.45) is 0 Å². The van der Waals surface area contributed by atoms with E-state index in [0.717, 1.165) is 11.1 Å². The van der Waals surface area contributed by atoms with Crippen LogP contribution in [0.5, 0.6) is 0 Å². The molecule has 0 amide bonds. The van der Waals surface area contributed by atoms with E-state index in [9.17, 15) is 9.59 Å². The monoisotopic (exact) mass is 382 g/mol. The molecule has 6 heteroatoms. The molecule has 6 nitrogen and oxygen atoms in total. The third-order valence-electron chi connectivity index (χ3n) is 4.76. The van der Waals surface area contributed by atoms with Crippen LogP contribution in [0.2, 0.25) is 0 Å². The second-order valence-electron chi connectivity index (χ2n) is 6.54. The van der Waals surface area contributed by atoms with Crippen LogP contribution in [-0.4, -0.2) is 42.6 Å². The predicted molar refractivity (Wildman–Crippen MR) is 105 cm³/mol. The average Bonchev–Trinajstić information content (AvgIpc) is 3.09. The molecule has 1 aliphatic heterocycles. The molecule has 2 aromatic carbocycles. The summed E-state index contributed by atoms with van der Waals surface area (Å²) in [4.78, 5) is 27.1. The van der Waals surface area contributed by atoms with Crippen LogP contribution < -0.4 is 5.32 Å². The Morgan fingerprint density at radius 3 is 2.04 bits per heavy atom. The Kier molecular flexibility index (Phi) is 6.79. The molecule has 1 aliphatic rings. The topological polar surface area (TPSA) is 67.9 Å². The van der Waals surface area contributed by atoms with E-state index in [0.29, 0.717) is 13.2 Å². The molecule has 0 saturated carbocycles. The van der Waals surface area contributed by atoms with Crippen molar-refractivity contribution in [2.45, 2.75) is 32.1 Å². The van der Waals surface area contributed by atoms with Gasteiger partial charge in [-0.1, -0.05) is 60.7 Å². The molecule has 0 unspecified atom stereocenters. The molecule has 28 heavy (non-hydrogen) atoms. The van der Waals surface area contributed by atoms with Crippen LogP contribution in [0.1, 0.15) is 37.2 Å². The summed E-state index contributed by atoms with van der Waals surface area (Å²) < 4.78 is 10.5. The molecule has 0 aliphatic carbocycles. The van der Waals surface area contributed by atoms with Crippen molar-refractivity contribution < 1.29 is 19.1 Å².